The molecule has 1 saturated carbocycles. The molecule has 1 unspecified atom stereocenters. The minimum Gasteiger partial charge on any atom is -0.310 e. The van der Waals surface area contributed by atoms with Gasteiger partial charge < -0.3 is 5.32 Å². The third kappa shape index (κ3) is 3.45. The molecule has 88 valence electrons. The van der Waals surface area contributed by atoms with Crippen LogP contribution in [0.5, 0.6) is 0 Å². The van der Waals surface area contributed by atoms with Crippen LogP contribution >= 0.6 is 22.6 Å². The Hall–Kier alpha value is -0.0900. The molecule has 1 aliphatic carbocycles. The van der Waals surface area contributed by atoms with Crippen molar-refractivity contribution in [3.05, 3.63) is 33.4 Å². The largest absolute Gasteiger partial charge is 0.310 e. The van der Waals surface area contributed by atoms with E-state index in [1.54, 1.807) is 0 Å². The Morgan fingerprint density at radius 1 is 1.38 bits per heavy atom. The molecule has 1 N–H and O–H groups in total. The molecule has 0 spiro atoms. The van der Waals surface area contributed by atoms with E-state index >= 15 is 0 Å². The van der Waals surface area contributed by atoms with Crippen molar-refractivity contribution in [3.8, 4) is 0 Å². The number of hydrogen-bond acceptors (Lipinski definition) is 1. The lowest BCUT2D eigenvalue weighted by Gasteiger charge is -2.20. The van der Waals surface area contributed by atoms with Crippen molar-refractivity contribution >= 4 is 22.6 Å². The zero-order valence-electron chi connectivity index (χ0n) is 9.88. The maximum absolute atomic E-state index is 3.69. The Morgan fingerprint density at radius 3 is 2.75 bits per heavy atom. The normalized spacial score (nSPS) is 17.4. The summed E-state index contributed by atoms with van der Waals surface area (Å²) in [7, 11) is 0. The first-order chi connectivity index (χ1) is 7.81. The summed E-state index contributed by atoms with van der Waals surface area (Å²) in [6, 6.07) is 9.34. The second-order valence-corrected chi connectivity index (χ2v) is 5.87. The first-order valence-corrected chi connectivity index (χ1v) is 7.37. The number of nitrogens with one attached hydrogen (secondary N) is 1. The van der Waals surface area contributed by atoms with Crippen LogP contribution in [0.15, 0.2) is 24.3 Å². The molecule has 16 heavy (non-hydrogen) atoms. The van der Waals surface area contributed by atoms with Gasteiger partial charge in [0.1, 0.15) is 0 Å². The van der Waals surface area contributed by atoms with Crippen molar-refractivity contribution in [2.45, 2.75) is 38.6 Å². The Bertz CT molecular complexity index is 333. The van der Waals surface area contributed by atoms with Gasteiger partial charge in [-0.15, -0.1) is 0 Å². The smallest absolute Gasteiger partial charge is 0.0333 e. The molecule has 2 heteroatoms. The monoisotopic (exact) mass is 329 g/mol. The van der Waals surface area contributed by atoms with Crippen LogP contribution in [0.4, 0.5) is 0 Å². The Labute approximate surface area is 112 Å². The fourth-order valence-corrected chi connectivity index (χ4v) is 2.85. The summed E-state index contributed by atoms with van der Waals surface area (Å²) in [4.78, 5) is 0. The summed E-state index contributed by atoms with van der Waals surface area (Å²) < 4.78 is 1.40. The molecule has 1 atom stereocenters. The van der Waals surface area contributed by atoms with E-state index < -0.39 is 0 Å². The second kappa shape index (κ2) is 6.01. The van der Waals surface area contributed by atoms with Crippen LogP contribution in [0.25, 0.3) is 0 Å². The third-order valence-electron chi connectivity index (χ3n) is 3.19. The highest BCUT2D eigenvalue weighted by Crippen LogP contribution is 2.38. The molecule has 1 nitrogen and oxygen atoms in total. The van der Waals surface area contributed by atoms with E-state index in [4.69, 9.17) is 0 Å². The highest BCUT2D eigenvalue weighted by Gasteiger charge is 2.26. The molecule has 2 rings (SSSR count). The van der Waals surface area contributed by atoms with Gasteiger partial charge in [-0.1, -0.05) is 38.0 Å². The van der Waals surface area contributed by atoms with Crippen LogP contribution < -0.4 is 5.32 Å². The third-order valence-corrected chi connectivity index (χ3v) is 4.17. The molecule has 0 heterocycles. The van der Waals surface area contributed by atoms with Crippen LogP contribution in [0.1, 0.15) is 44.2 Å². The van der Waals surface area contributed by atoms with Crippen molar-refractivity contribution in [2.75, 3.05) is 6.54 Å². The minimum atomic E-state index is 0.570. The average Bonchev–Trinajstić information content (AvgIpc) is 3.09. The van der Waals surface area contributed by atoms with Gasteiger partial charge in [0.15, 0.2) is 0 Å². The molecular formula is C14H20IN. The lowest BCUT2D eigenvalue weighted by molar-refractivity contribution is 0.472. The average molecular weight is 329 g/mol. The minimum absolute atomic E-state index is 0.570. The fraction of sp³-hybridized carbons (Fsp3) is 0.571. The maximum atomic E-state index is 3.69. The summed E-state index contributed by atoms with van der Waals surface area (Å²) in [5.74, 6) is 0.977. The van der Waals surface area contributed by atoms with Crippen molar-refractivity contribution < 1.29 is 0 Å². The van der Waals surface area contributed by atoms with Gasteiger partial charge >= 0.3 is 0 Å². The molecular weight excluding hydrogens is 309 g/mol. The van der Waals surface area contributed by atoms with Gasteiger partial charge in [0.2, 0.25) is 0 Å². The highest BCUT2D eigenvalue weighted by atomic mass is 127. The van der Waals surface area contributed by atoms with Crippen LogP contribution in [0.2, 0.25) is 0 Å². The zero-order valence-corrected chi connectivity index (χ0v) is 12.0. The predicted molar refractivity (Wildman–Crippen MR) is 77.5 cm³/mol. The van der Waals surface area contributed by atoms with Crippen molar-refractivity contribution in [1.82, 2.24) is 5.32 Å². The molecule has 0 bridgehead atoms. The lowest BCUT2D eigenvalue weighted by atomic mass is 10.0. The van der Waals surface area contributed by atoms with E-state index in [1.807, 2.05) is 0 Å². The molecule has 0 saturated heterocycles. The van der Waals surface area contributed by atoms with Gasteiger partial charge in [-0.05, 0) is 59.5 Å². The first-order valence-electron chi connectivity index (χ1n) is 6.29. The molecule has 1 aromatic rings. The van der Waals surface area contributed by atoms with Gasteiger partial charge in [-0.2, -0.15) is 0 Å². The molecule has 1 aliphatic rings. The molecule has 0 aliphatic heterocycles. The number of benzene rings is 1. The Balaban J connectivity index is 2.06. The number of hydrogen-bond donors (Lipinski definition) is 1. The first kappa shape index (κ1) is 12.4. The van der Waals surface area contributed by atoms with Gasteiger partial charge in [-0.25, -0.2) is 0 Å². The van der Waals surface area contributed by atoms with E-state index in [2.05, 4.69) is 59.1 Å². The number of rotatable bonds is 6. The molecule has 1 fully saturated rings. The van der Waals surface area contributed by atoms with Crippen LogP contribution in [0, 0.1) is 9.49 Å². The SMILES string of the molecule is CCCNC(CC1CC1)c1ccccc1I. The maximum Gasteiger partial charge on any atom is 0.0333 e. The van der Waals surface area contributed by atoms with Gasteiger partial charge in [0.05, 0.1) is 0 Å². The Morgan fingerprint density at radius 2 is 2.12 bits per heavy atom. The molecule has 1 aromatic carbocycles. The van der Waals surface area contributed by atoms with Crippen molar-refractivity contribution in [2.24, 2.45) is 5.92 Å². The van der Waals surface area contributed by atoms with Crippen LogP contribution in [-0.2, 0) is 0 Å². The van der Waals surface area contributed by atoms with Crippen LogP contribution in [-0.4, -0.2) is 6.54 Å². The zero-order chi connectivity index (χ0) is 11.4. The quantitative estimate of drug-likeness (QED) is 0.774. The summed E-state index contributed by atoms with van der Waals surface area (Å²) in [6.07, 6.45) is 5.41. The lowest BCUT2D eigenvalue weighted by Crippen LogP contribution is -2.23. The summed E-state index contributed by atoms with van der Waals surface area (Å²) >= 11 is 2.45. The van der Waals surface area contributed by atoms with Crippen molar-refractivity contribution in [1.29, 1.82) is 0 Å². The van der Waals surface area contributed by atoms with Gasteiger partial charge in [-0.3, -0.25) is 0 Å². The van der Waals surface area contributed by atoms with Crippen molar-refractivity contribution in [3.63, 3.8) is 0 Å². The van der Waals surface area contributed by atoms with E-state index in [0.29, 0.717) is 6.04 Å². The topological polar surface area (TPSA) is 12.0 Å². The molecule has 0 radical (unpaired) electrons. The van der Waals surface area contributed by atoms with E-state index in [0.717, 1.165) is 12.5 Å². The van der Waals surface area contributed by atoms with E-state index in [-0.39, 0.29) is 0 Å². The standard InChI is InChI=1S/C14H20IN/c1-2-9-16-14(10-11-7-8-11)12-5-3-4-6-13(12)15/h3-6,11,14,16H,2,7-10H2,1H3. The second-order valence-electron chi connectivity index (χ2n) is 4.71. The van der Waals surface area contributed by atoms with Crippen LogP contribution in [0.3, 0.4) is 0 Å². The summed E-state index contributed by atoms with van der Waals surface area (Å²) in [6.45, 7) is 3.36. The molecule has 0 amide bonds. The highest BCUT2D eigenvalue weighted by molar-refractivity contribution is 14.1. The van der Waals surface area contributed by atoms with E-state index in [1.165, 1.54) is 34.8 Å². The fourth-order valence-electron chi connectivity index (χ4n) is 2.08. The Kier molecular flexibility index (Phi) is 4.65. The predicted octanol–water partition coefficient (Wildman–Crippen LogP) is 4.13. The van der Waals surface area contributed by atoms with E-state index in [9.17, 15) is 0 Å². The molecule has 0 aromatic heterocycles. The summed E-state index contributed by atoms with van der Waals surface area (Å²) in [5.41, 5.74) is 1.49. The van der Waals surface area contributed by atoms with Gasteiger partial charge in [0, 0.05) is 9.61 Å². The van der Waals surface area contributed by atoms with Gasteiger partial charge in [0.25, 0.3) is 0 Å². The summed E-state index contributed by atoms with van der Waals surface area (Å²) in [5, 5.41) is 3.69. The number of halogens is 1.